The summed E-state index contributed by atoms with van der Waals surface area (Å²) < 4.78 is 4.63. The van der Waals surface area contributed by atoms with Crippen molar-refractivity contribution in [3.05, 3.63) is 422 Å². The van der Waals surface area contributed by atoms with Crippen LogP contribution in [0.25, 0.3) is 134 Å². The van der Waals surface area contributed by atoms with E-state index >= 15 is 0 Å². The molecule has 6 nitrogen and oxygen atoms in total. The number of nitrogens with zero attached hydrogens (tertiary/aromatic N) is 4. The number of aldehydes is 2. The van der Waals surface area contributed by atoms with Crippen LogP contribution >= 0.6 is 0 Å². The van der Waals surface area contributed by atoms with Gasteiger partial charge in [-0.25, -0.2) is 0 Å². The van der Waals surface area contributed by atoms with Gasteiger partial charge in [0.2, 0.25) is 0 Å². The first-order chi connectivity index (χ1) is 55.8. The molecule has 0 N–H and O–H groups in total. The molecule has 0 unspecified atom stereocenters. The van der Waals surface area contributed by atoms with E-state index in [1.165, 1.54) is 105 Å². The van der Waals surface area contributed by atoms with Gasteiger partial charge in [-0.3, -0.25) is 9.59 Å². The largest absolute Gasteiger partial charge is 0.310 e. The van der Waals surface area contributed by atoms with Gasteiger partial charge in [-0.05, 0) is 258 Å². The second kappa shape index (κ2) is 28.4. The minimum atomic E-state index is -0.227. The maximum Gasteiger partial charge on any atom is 0.150 e. The standard InChI is InChI=1S/C55H42N2.C53H38N2O2/c1-5-37-16-24-45(25-17-37)57-53-15-11-10-14-48(53)50-35-42(23-33-54(50)57)41-21-28-44(29-22-41)56(43-26-19-40(20-27-43)39-12-8-7-9-13-39)46-30-31-47-49-34-38(6-2)18-32-51(49)55(3,4)52(47)36-46;1-53(2)49-28-14-36(34-57)30-47(49)45-27-26-44(32-50(45)53)54(41-22-15-38(16-23-41)37-8-4-3-5-9-37)42-24-17-39(18-25-42)40-19-29-52-48(31-40)46-10-6-7-11-51(46)55(52)43-20-12-35(33-56)13-21-43/h5-36H,1-2H2,3-4H3;3-34H,1-2H3. The third kappa shape index (κ3) is 12.1. The second-order valence-electron chi connectivity index (χ2n) is 30.9. The molecule has 114 heavy (non-hydrogen) atoms. The molecule has 16 aromatic carbocycles. The molecule has 2 heterocycles. The van der Waals surface area contributed by atoms with Gasteiger partial charge in [0, 0.05) is 89.0 Å². The highest BCUT2D eigenvalue weighted by atomic mass is 16.1. The number of anilines is 6. The zero-order valence-electron chi connectivity index (χ0n) is 64.0. The fraction of sp³-hybridized carbons (Fsp3) is 0.0556. The smallest absolute Gasteiger partial charge is 0.150 e. The van der Waals surface area contributed by atoms with Gasteiger partial charge in [-0.2, -0.15) is 0 Å². The van der Waals surface area contributed by atoms with Crippen LogP contribution in [0, 0.1) is 0 Å². The summed E-state index contributed by atoms with van der Waals surface area (Å²) >= 11 is 0. The van der Waals surface area contributed by atoms with Crippen molar-refractivity contribution in [2.75, 3.05) is 9.80 Å². The van der Waals surface area contributed by atoms with Crippen molar-refractivity contribution in [2.45, 2.75) is 38.5 Å². The van der Waals surface area contributed by atoms with Crippen molar-refractivity contribution in [2.24, 2.45) is 0 Å². The minimum Gasteiger partial charge on any atom is -0.310 e. The molecule has 0 spiro atoms. The summed E-state index contributed by atoms with van der Waals surface area (Å²) in [4.78, 5) is 27.8. The third-order valence-corrected chi connectivity index (χ3v) is 23.7. The first kappa shape index (κ1) is 70.0. The number of benzene rings is 16. The Morgan fingerprint density at radius 1 is 0.246 bits per heavy atom. The number of carbonyl (C=O) groups excluding carboxylic acids is 2. The van der Waals surface area contributed by atoms with E-state index in [-0.39, 0.29) is 10.8 Å². The summed E-state index contributed by atoms with van der Waals surface area (Å²) in [6.07, 6.45) is 5.63. The van der Waals surface area contributed by atoms with Gasteiger partial charge < -0.3 is 18.9 Å². The third-order valence-electron chi connectivity index (χ3n) is 23.7. The molecule has 0 saturated heterocycles. The quantitative estimate of drug-likeness (QED) is 0.0905. The minimum absolute atomic E-state index is 0.135. The van der Waals surface area contributed by atoms with Crippen LogP contribution in [0.1, 0.15) is 81.8 Å². The summed E-state index contributed by atoms with van der Waals surface area (Å²) in [5, 5.41) is 4.83. The van der Waals surface area contributed by atoms with Crippen LogP contribution in [0.2, 0.25) is 0 Å². The van der Waals surface area contributed by atoms with Crippen LogP contribution in [-0.4, -0.2) is 21.7 Å². The van der Waals surface area contributed by atoms with E-state index in [0.717, 1.165) is 96.9 Å². The molecule has 20 rings (SSSR count). The molecule has 2 aliphatic rings. The molecule has 0 fully saturated rings. The van der Waals surface area contributed by atoms with Gasteiger partial charge in [0.1, 0.15) is 12.6 Å². The highest BCUT2D eigenvalue weighted by Gasteiger charge is 2.38. The molecule has 2 aliphatic carbocycles. The Hall–Kier alpha value is -14.5. The van der Waals surface area contributed by atoms with Gasteiger partial charge >= 0.3 is 0 Å². The first-order valence-electron chi connectivity index (χ1n) is 39.0. The second-order valence-corrected chi connectivity index (χ2v) is 30.9. The topological polar surface area (TPSA) is 50.5 Å². The van der Waals surface area contributed by atoms with Crippen molar-refractivity contribution in [1.82, 2.24) is 9.13 Å². The monoisotopic (exact) mass is 1460 g/mol. The number of carbonyl (C=O) groups is 2. The van der Waals surface area contributed by atoms with E-state index in [0.29, 0.717) is 11.1 Å². The molecule has 0 saturated carbocycles. The lowest BCUT2D eigenvalue weighted by molar-refractivity contribution is 0.111. The van der Waals surface area contributed by atoms with Crippen molar-refractivity contribution < 1.29 is 9.59 Å². The average molecular weight is 1470 g/mol. The summed E-state index contributed by atoms with van der Waals surface area (Å²) in [6, 6.07) is 130. The summed E-state index contributed by atoms with van der Waals surface area (Å²) in [5.41, 5.74) is 36.0. The van der Waals surface area contributed by atoms with E-state index in [9.17, 15) is 9.59 Å². The highest BCUT2D eigenvalue weighted by Crippen LogP contribution is 2.54. The highest BCUT2D eigenvalue weighted by molar-refractivity contribution is 6.12. The number of fused-ring (bicyclic) bond motifs is 12. The maximum absolute atomic E-state index is 11.7. The number of aromatic nitrogens is 2. The summed E-state index contributed by atoms with van der Waals surface area (Å²) in [6.45, 7) is 17.2. The molecule has 0 amide bonds. The van der Waals surface area contributed by atoms with Crippen LogP contribution in [-0.2, 0) is 10.8 Å². The lowest BCUT2D eigenvalue weighted by Gasteiger charge is -2.28. The Kier molecular flexibility index (Phi) is 17.5. The Balaban J connectivity index is 0.000000153. The van der Waals surface area contributed by atoms with E-state index in [4.69, 9.17) is 0 Å². The fourth-order valence-corrected chi connectivity index (χ4v) is 17.7. The molecule has 544 valence electrons. The SMILES string of the molecule is C=Cc1ccc(-n2c3ccccc3c3cc(-c4ccc(N(c5ccc(-c6ccccc6)cc5)c5ccc6c(c5)C(C)(C)c5ccc(C=C)cc5-6)cc4)ccc32)cc1.CC1(C)c2ccc(C=O)cc2-c2ccc(N(c3ccc(-c4ccccc4)cc3)c3ccc(-c4ccc5c(c4)c4ccccc4n5-c4ccc(C=O)cc4)cc3)cc21. The number of para-hydroxylation sites is 2. The number of hydrogen-bond acceptors (Lipinski definition) is 4. The van der Waals surface area contributed by atoms with Crippen molar-refractivity contribution in [1.29, 1.82) is 0 Å². The molecule has 6 heteroatoms. The van der Waals surface area contributed by atoms with Gasteiger partial charge in [0.05, 0.1) is 22.1 Å². The molecule has 0 bridgehead atoms. The van der Waals surface area contributed by atoms with Gasteiger partial charge in [-0.1, -0.05) is 259 Å². The van der Waals surface area contributed by atoms with Crippen LogP contribution in [0.15, 0.2) is 377 Å². The van der Waals surface area contributed by atoms with Crippen molar-refractivity contribution in [3.63, 3.8) is 0 Å². The molecule has 0 radical (unpaired) electrons. The molecule has 0 atom stereocenters. The Morgan fingerprint density at radius 3 is 0.956 bits per heavy atom. The normalized spacial score (nSPS) is 12.7. The van der Waals surface area contributed by atoms with Gasteiger partial charge in [0.25, 0.3) is 0 Å². The van der Waals surface area contributed by atoms with E-state index in [2.05, 4.69) is 381 Å². The van der Waals surface area contributed by atoms with Gasteiger partial charge in [-0.15, -0.1) is 0 Å². The van der Waals surface area contributed by atoms with E-state index in [1.807, 2.05) is 54.6 Å². The first-order valence-corrected chi connectivity index (χ1v) is 39.0. The zero-order chi connectivity index (χ0) is 77.3. The maximum atomic E-state index is 11.7. The lowest BCUT2D eigenvalue weighted by Crippen LogP contribution is -2.16. The molecule has 0 aliphatic heterocycles. The van der Waals surface area contributed by atoms with Gasteiger partial charge in [0.15, 0.2) is 0 Å². The number of rotatable bonds is 16. The van der Waals surface area contributed by atoms with E-state index in [1.54, 1.807) is 0 Å². The Bertz CT molecular complexity index is 6390. The molecule has 18 aromatic rings. The molecule has 2 aromatic heterocycles. The van der Waals surface area contributed by atoms with Crippen molar-refractivity contribution in [3.8, 4) is 78.1 Å². The molecular formula is C108H80N4O2. The average Bonchev–Trinajstić information content (AvgIpc) is 1.56. The zero-order valence-corrected chi connectivity index (χ0v) is 64.0. The van der Waals surface area contributed by atoms with Crippen LogP contribution in [0.5, 0.6) is 0 Å². The van der Waals surface area contributed by atoms with Crippen molar-refractivity contribution >= 4 is 102 Å². The Labute approximate surface area is 665 Å². The predicted octanol–water partition coefficient (Wildman–Crippen LogP) is 28.7. The Morgan fingerprint density at radius 2 is 0.561 bits per heavy atom. The van der Waals surface area contributed by atoms with Crippen LogP contribution in [0.3, 0.4) is 0 Å². The van der Waals surface area contributed by atoms with E-state index < -0.39 is 0 Å². The predicted molar refractivity (Wildman–Crippen MR) is 479 cm³/mol. The fourth-order valence-electron chi connectivity index (χ4n) is 17.7. The van der Waals surface area contributed by atoms with Crippen LogP contribution < -0.4 is 9.80 Å². The summed E-state index contributed by atoms with van der Waals surface area (Å²) in [7, 11) is 0. The molecular weight excluding hydrogens is 1390 g/mol. The number of hydrogen-bond donors (Lipinski definition) is 0. The summed E-state index contributed by atoms with van der Waals surface area (Å²) in [5.74, 6) is 0. The lowest BCUT2D eigenvalue weighted by atomic mass is 9.82. The van der Waals surface area contributed by atoms with Crippen LogP contribution in [0.4, 0.5) is 34.1 Å².